The number of halogens is 2. The Morgan fingerprint density at radius 3 is 2.44 bits per heavy atom. The molecule has 0 saturated heterocycles. The summed E-state index contributed by atoms with van der Waals surface area (Å²) in [6.45, 7) is 6.46. The number of para-hydroxylation sites is 1. The van der Waals surface area contributed by atoms with E-state index >= 15 is 0 Å². The Hall–Kier alpha value is -3.15. The molecule has 0 radical (unpaired) electrons. The molecule has 1 atom stereocenters. The van der Waals surface area contributed by atoms with Gasteiger partial charge in [0, 0.05) is 22.2 Å². The van der Waals surface area contributed by atoms with Gasteiger partial charge in [0.1, 0.15) is 5.82 Å². The van der Waals surface area contributed by atoms with Gasteiger partial charge in [0.15, 0.2) is 0 Å². The van der Waals surface area contributed by atoms with Gasteiger partial charge >= 0.3 is 0 Å². The van der Waals surface area contributed by atoms with Crippen LogP contribution in [0.2, 0.25) is 10.0 Å². The third kappa shape index (κ3) is 5.18. The maximum absolute atomic E-state index is 13.8. The summed E-state index contributed by atoms with van der Waals surface area (Å²) < 4.78 is 1.61. The minimum atomic E-state index is -0.485. The molecule has 0 bridgehead atoms. The molecule has 0 aliphatic heterocycles. The Balaban J connectivity index is 1.91. The molecule has 3 aromatic carbocycles. The fourth-order valence-corrected chi connectivity index (χ4v) is 4.70. The predicted octanol–water partition coefficient (Wildman–Crippen LogP) is 7.39. The first-order valence-electron chi connectivity index (χ1n) is 12.2. The van der Waals surface area contributed by atoms with Crippen molar-refractivity contribution in [1.29, 1.82) is 0 Å². The van der Waals surface area contributed by atoms with Gasteiger partial charge in [-0.15, -0.1) is 0 Å². The van der Waals surface area contributed by atoms with Crippen LogP contribution in [0.1, 0.15) is 60.9 Å². The highest BCUT2D eigenvalue weighted by atomic mass is 35.5. The van der Waals surface area contributed by atoms with Crippen molar-refractivity contribution in [2.24, 2.45) is 0 Å². The Labute approximate surface area is 221 Å². The Morgan fingerprint density at radius 2 is 1.72 bits per heavy atom. The molecule has 0 fully saturated rings. The zero-order valence-electron chi connectivity index (χ0n) is 20.7. The molecule has 0 saturated carbocycles. The van der Waals surface area contributed by atoms with E-state index in [1.165, 1.54) is 0 Å². The van der Waals surface area contributed by atoms with E-state index in [9.17, 15) is 9.59 Å². The van der Waals surface area contributed by atoms with Crippen molar-refractivity contribution in [1.82, 2.24) is 14.5 Å². The molecular weight excluding hydrogens is 493 g/mol. The highest BCUT2D eigenvalue weighted by Gasteiger charge is 2.28. The number of benzene rings is 3. The van der Waals surface area contributed by atoms with Crippen LogP contribution in [-0.4, -0.2) is 26.9 Å². The van der Waals surface area contributed by atoms with Crippen LogP contribution in [-0.2, 0) is 0 Å². The second-order valence-electron chi connectivity index (χ2n) is 8.90. The van der Waals surface area contributed by atoms with Gasteiger partial charge < -0.3 is 4.90 Å². The third-order valence-corrected chi connectivity index (χ3v) is 7.14. The molecule has 0 aliphatic rings. The number of amides is 1. The number of hydrogen-bond donors (Lipinski definition) is 0. The minimum absolute atomic E-state index is 0.132. The highest BCUT2D eigenvalue weighted by Crippen LogP contribution is 2.28. The van der Waals surface area contributed by atoms with Crippen LogP contribution in [0.25, 0.3) is 16.6 Å². The summed E-state index contributed by atoms with van der Waals surface area (Å²) >= 11 is 12.5. The first kappa shape index (κ1) is 25.9. The van der Waals surface area contributed by atoms with E-state index in [1.807, 2.05) is 44.2 Å². The van der Waals surface area contributed by atoms with Crippen molar-refractivity contribution in [2.75, 3.05) is 6.54 Å². The maximum Gasteiger partial charge on any atom is 0.266 e. The molecule has 36 heavy (non-hydrogen) atoms. The molecule has 186 valence electrons. The van der Waals surface area contributed by atoms with Crippen LogP contribution in [0, 0.1) is 6.92 Å². The summed E-state index contributed by atoms with van der Waals surface area (Å²) in [5.74, 6) is 0.356. The topological polar surface area (TPSA) is 55.2 Å². The summed E-state index contributed by atoms with van der Waals surface area (Å²) in [5.41, 5.74) is 2.36. The van der Waals surface area contributed by atoms with Crippen molar-refractivity contribution in [2.45, 2.75) is 46.1 Å². The van der Waals surface area contributed by atoms with Crippen molar-refractivity contribution in [3.05, 3.63) is 104 Å². The molecule has 5 nitrogen and oxygen atoms in total. The van der Waals surface area contributed by atoms with Gasteiger partial charge in [-0.3, -0.25) is 14.2 Å². The lowest BCUT2D eigenvalue weighted by atomic mass is 10.1. The van der Waals surface area contributed by atoms with Gasteiger partial charge in [-0.1, -0.05) is 61.2 Å². The quantitative estimate of drug-likeness (QED) is 0.227. The number of hydrogen-bond acceptors (Lipinski definition) is 3. The summed E-state index contributed by atoms with van der Waals surface area (Å²) in [5, 5.41) is 1.64. The fourth-order valence-electron chi connectivity index (χ4n) is 4.40. The normalized spacial score (nSPS) is 12.0. The number of carbonyl (C=O) groups is 1. The number of rotatable bonds is 8. The molecule has 0 spiro atoms. The second-order valence-corrected chi connectivity index (χ2v) is 9.74. The van der Waals surface area contributed by atoms with E-state index < -0.39 is 6.04 Å². The van der Waals surface area contributed by atoms with Crippen LogP contribution in [0.4, 0.5) is 0 Å². The molecule has 4 aromatic rings. The Bertz CT molecular complexity index is 1450. The predicted molar refractivity (Wildman–Crippen MR) is 148 cm³/mol. The zero-order chi connectivity index (χ0) is 25.8. The molecule has 4 rings (SSSR count). The van der Waals surface area contributed by atoms with Crippen molar-refractivity contribution < 1.29 is 4.79 Å². The van der Waals surface area contributed by atoms with Crippen LogP contribution >= 0.6 is 23.2 Å². The van der Waals surface area contributed by atoms with E-state index in [-0.39, 0.29) is 11.5 Å². The minimum Gasteiger partial charge on any atom is -0.329 e. The average Bonchev–Trinajstić information content (AvgIpc) is 2.88. The van der Waals surface area contributed by atoms with E-state index in [0.717, 1.165) is 24.8 Å². The third-order valence-electron chi connectivity index (χ3n) is 6.48. The van der Waals surface area contributed by atoms with Gasteiger partial charge in [-0.05, 0) is 74.4 Å². The Kier molecular flexibility index (Phi) is 8.12. The van der Waals surface area contributed by atoms with E-state index in [0.29, 0.717) is 44.6 Å². The van der Waals surface area contributed by atoms with Crippen LogP contribution < -0.4 is 5.56 Å². The SMILES string of the molecule is CCCCCN(C(=O)c1ccc(Cl)cc1)C(C)c1nc2ccccc2c(=O)n1-c1cccc(Cl)c1C. The summed E-state index contributed by atoms with van der Waals surface area (Å²) in [7, 11) is 0. The highest BCUT2D eigenvalue weighted by molar-refractivity contribution is 6.31. The van der Waals surface area contributed by atoms with Crippen molar-refractivity contribution in [3.8, 4) is 5.69 Å². The molecule has 7 heteroatoms. The Morgan fingerprint density at radius 1 is 1.00 bits per heavy atom. The number of unbranched alkanes of at least 4 members (excludes halogenated alkanes) is 2. The summed E-state index contributed by atoms with van der Waals surface area (Å²) in [4.78, 5) is 34.3. The molecule has 1 aromatic heterocycles. The standard InChI is InChI=1S/C29H29Cl2N3O2/c1-4-5-8-18-33(28(35)21-14-16-22(30)17-15-21)20(3)27-32-25-12-7-6-10-23(25)29(36)34(27)26-13-9-11-24(31)19(26)2/h6-7,9-17,20H,4-5,8,18H2,1-3H3. The number of nitrogens with zero attached hydrogens (tertiary/aromatic N) is 3. The van der Waals surface area contributed by atoms with Crippen molar-refractivity contribution >= 4 is 40.0 Å². The lowest BCUT2D eigenvalue weighted by molar-refractivity contribution is 0.0677. The molecule has 0 aliphatic carbocycles. The first-order chi connectivity index (χ1) is 17.3. The molecule has 1 amide bonds. The van der Waals surface area contributed by atoms with Crippen LogP contribution in [0.3, 0.4) is 0 Å². The lowest BCUT2D eigenvalue weighted by Gasteiger charge is -2.31. The van der Waals surface area contributed by atoms with Gasteiger partial charge in [-0.2, -0.15) is 0 Å². The van der Waals surface area contributed by atoms with Gasteiger partial charge in [0.2, 0.25) is 0 Å². The fraction of sp³-hybridized carbons (Fsp3) is 0.276. The van der Waals surface area contributed by atoms with E-state index in [2.05, 4.69) is 6.92 Å². The maximum atomic E-state index is 13.8. The largest absolute Gasteiger partial charge is 0.329 e. The molecule has 0 N–H and O–H groups in total. The summed E-state index contributed by atoms with van der Waals surface area (Å²) in [6.07, 6.45) is 2.86. The van der Waals surface area contributed by atoms with E-state index in [4.69, 9.17) is 28.2 Å². The van der Waals surface area contributed by atoms with Crippen LogP contribution in [0.15, 0.2) is 71.5 Å². The average molecular weight is 522 g/mol. The molecular formula is C29H29Cl2N3O2. The lowest BCUT2D eigenvalue weighted by Crippen LogP contribution is -2.38. The number of aromatic nitrogens is 2. The zero-order valence-corrected chi connectivity index (χ0v) is 22.2. The van der Waals surface area contributed by atoms with Gasteiger partial charge in [-0.25, -0.2) is 4.98 Å². The van der Waals surface area contributed by atoms with Gasteiger partial charge in [0.25, 0.3) is 11.5 Å². The van der Waals surface area contributed by atoms with Crippen LogP contribution in [0.5, 0.6) is 0 Å². The smallest absolute Gasteiger partial charge is 0.266 e. The van der Waals surface area contributed by atoms with Crippen molar-refractivity contribution in [3.63, 3.8) is 0 Å². The number of fused-ring (bicyclic) bond motifs is 1. The first-order valence-corrected chi connectivity index (χ1v) is 12.9. The number of carbonyl (C=O) groups excluding carboxylic acids is 1. The molecule has 1 heterocycles. The van der Waals surface area contributed by atoms with E-state index in [1.54, 1.807) is 45.9 Å². The summed E-state index contributed by atoms with van der Waals surface area (Å²) in [6, 6.07) is 19.1. The second kappa shape index (κ2) is 11.3. The van der Waals surface area contributed by atoms with Gasteiger partial charge in [0.05, 0.1) is 22.6 Å². The molecule has 1 unspecified atom stereocenters. The monoisotopic (exact) mass is 521 g/mol.